The van der Waals surface area contributed by atoms with E-state index in [0.717, 1.165) is 37.3 Å². The van der Waals surface area contributed by atoms with Gasteiger partial charge in [-0.15, -0.1) is 5.10 Å². The summed E-state index contributed by atoms with van der Waals surface area (Å²) in [5.41, 5.74) is 1.85. The summed E-state index contributed by atoms with van der Waals surface area (Å²) < 4.78 is 1.97. The molecule has 2 heterocycles. The molecule has 5 nitrogen and oxygen atoms in total. The molecule has 1 N–H and O–H groups in total. The van der Waals surface area contributed by atoms with Crippen LogP contribution < -0.4 is 0 Å². The van der Waals surface area contributed by atoms with E-state index in [1.54, 1.807) is 0 Å². The molecule has 5 heteroatoms. The van der Waals surface area contributed by atoms with Crippen LogP contribution in [-0.2, 0) is 19.6 Å². The number of nitrogens with zero attached hydrogens (tertiary/aromatic N) is 4. The highest BCUT2D eigenvalue weighted by atomic mass is 16.3. The van der Waals surface area contributed by atoms with Crippen LogP contribution in [0.5, 0.6) is 0 Å². The largest absolute Gasteiger partial charge is 0.390 e. The van der Waals surface area contributed by atoms with Crippen molar-refractivity contribution in [3.05, 3.63) is 11.4 Å². The van der Waals surface area contributed by atoms with Crippen LogP contribution in [0, 0.1) is 0 Å². The first-order valence-corrected chi connectivity index (χ1v) is 6.59. The number of hydrogen-bond acceptors (Lipinski definition) is 4. The summed E-state index contributed by atoms with van der Waals surface area (Å²) in [6.07, 6.45) is 4.65. The highest BCUT2D eigenvalue weighted by Gasteiger charge is 2.14. The van der Waals surface area contributed by atoms with Crippen LogP contribution in [0.2, 0.25) is 0 Å². The monoisotopic (exact) mass is 238 g/mol. The second-order valence-electron chi connectivity index (χ2n) is 4.66. The molecular formula is C12H22N4O. The number of aliphatic hydroxyl groups is 1. The molecule has 1 aromatic rings. The predicted molar refractivity (Wildman–Crippen MR) is 65.6 cm³/mol. The maximum atomic E-state index is 9.21. The van der Waals surface area contributed by atoms with Crippen LogP contribution in [0.15, 0.2) is 0 Å². The third-order valence-electron chi connectivity index (χ3n) is 3.38. The van der Waals surface area contributed by atoms with Gasteiger partial charge < -0.3 is 10.0 Å². The molecule has 0 saturated carbocycles. The van der Waals surface area contributed by atoms with Crippen molar-refractivity contribution >= 4 is 0 Å². The molecule has 0 spiro atoms. The lowest BCUT2D eigenvalue weighted by Crippen LogP contribution is -2.25. The molecule has 1 fully saturated rings. The first-order valence-electron chi connectivity index (χ1n) is 6.59. The Hall–Kier alpha value is -0.940. The van der Waals surface area contributed by atoms with Crippen LogP contribution in [0.25, 0.3) is 0 Å². The average molecular weight is 238 g/mol. The molecule has 96 valence electrons. The van der Waals surface area contributed by atoms with Gasteiger partial charge in [0.05, 0.1) is 18.8 Å². The summed E-state index contributed by atoms with van der Waals surface area (Å²) in [6.45, 7) is 6.50. The molecule has 0 aromatic carbocycles. The molecule has 17 heavy (non-hydrogen) atoms. The van der Waals surface area contributed by atoms with Gasteiger partial charge in [0.1, 0.15) is 5.69 Å². The molecule has 0 amide bonds. The Morgan fingerprint density at radius 2 is 2.00 bits per heavy atom. The van der Waals surface area contributed by atoms with E-state index in [1.807, 2.05) is 4.68 Å². The molecule has 0 aliphatic carbocycles. The van der Waals surface area contributed by atoms with Crippen molar-refractivity contribution in [3.63, 3.8) is 0 Å². The second kappa shape index (κ2) is 6.12. The number of likely N-dealkylation sites (tertiary alicyclic amines) is 1. The summed E-state index contributed by atoms with van der Waals surface area (Å²) in [5.74, 6) is 0. The fourth-order valence-corrected chi connectivity index (χ4v) is 2.42. The lowest BCUT2D eigenvalue weighted by molar-refractivity contribution is 0.275. The zero-order chi connectivity index (χ0) is 12.1. The fourth-order valence-electron chi connectivity index (χ4n) is 2.42. The zero-order valence-electron chi connectivity index (χ0n) is 10.6. The molecule has 1 saturated heterocycles. The van der Waals surface area contributed by atoms with Crippen LogP contribution in [0.1, 0.15) is 37.6 Å². The van der Waals surface area contributed by atoms with E-state index in [0.29, 0.717) is 0 Å². The van der Waals surface area contributed by atoms with E-state index in [-0.39, 0.29) is 6.61 Å². The number of aromatic nitrogens is 3. The van der Waals surface area contributed by atoms with Crippen molar-refractivity contribution in [2.45, 2.75) is 45.8 Å². The third kappa shape index (κ3) is 3.04. The normalized spacial score (nSPS) is 16.8. The maximum absolute atomic E-state index is 9.21. The Balaban J connectivity index is 1.96. The minimum atomic E-state index is -0.000945. The fraction of sp³-hybridized carbons (Fsp3) is 0.833. The van der Waals surface area contributed by atoms with Crippen molar-refractivity contribution in [2.24, 2.45) is 0 Å². The lowest BCUT2D eigenvalue weighted by Gasteiger charge is -2.15. The topological polar surface area (TPSA) is 54.2 Å². The molecule has 0 bridgehead atoms. The Labute approximate surface area is 102 Å². The highest BCUT2D eigenvalue weighted by Crippen LogP contribution is 2.10. The van der Waals surface area contributed by atoms with Gasteiger partial charge in [-0.3, -0.25) is 0 Å². The van der Waals surface area contributed by atoms with Gasteiger partial charge in [0.15, 0.2) is 0 Å². The predicted octanol–water partition coefficient (Wildman–Crippen LogP) is 0.819. The van der Waals surface area contributed by atoms with E-state index >= 15 is 0 Å². The standard InChI is InChI=1S/C12H22N4O/c1-2-5-12-11(10-17)13-14-16(12)9-8-15-6-3-4-7-15/h17H,2-10H2,1H3. The molecule has 1 aliphatic rings. The van der Waals surface area contributed by atoms with Crippen LogP contribution in [0.4, 0.5) is 0 Å². The average Bonchev–Trinajstić information content (AvgIpc) is 2.96. The van der Waals surface area contributed by atoms with Gasteiger partial charge in [-0.25, -0.2) is 4.68 Å². The van der Waals surface area contributed by atoms with Gasteiger partial charge in [-0.05, 0) is 32.4 Å². The first-order chi connectivity index (χ1) is 8.35. The molecular weight excluding hydrogens is 216 g/mol. The van der Waals surface area contributed by atoms with E-state index in [4.69, 9.17) is 0 Å². The van der Waals surface area contributed by atoms with Gasteiger partial charge in [0, 0.05) is 6.54 Å². The zero-order valence-corrected chi connectivity index (χ0v) is 10.6. The molecule has 1 aliphatic heterocycles. The molecule has 0 radical (unpaired) electrons. The third-order valence-corrected chi connectivity index (χ3v) is 3.38. The van der Waals surface area contributed by atoms with E-state index < -0.39 is 0 Å². The van der Waals surface area contributed by atoms with Crippen molar-refractivity contribution in [2.75, 3.05) is 19.6 Å². The van der Waals surface area contributed by atoms with E-state index in [9.17, 15) is 5.11 Å². The molecule has 0 unspecified atom stereocenters. The Kier molecular flexibility index (Phi) is 4.50. The first kappa shape index (κ1) is 12.5. The molecule has 0 atom stereocenters. The van der Waals surface area contributed by atoms with Gasteiger partial charge in [0.25, 0.3) is 0 Å². The minimum Gasteiger partial charge on any atom is -0.390 e. The highest BCUT2D eigenvalue weighted by molar-refractivity contribution is 5.09. The second-order valence-corrected chi connectivity index (χ2v) is 4.66. The van der Waals surface area contributed by atoms with Crippen LogP contribution in [0.3, 0.4) is 0 Å². The van der Waals surface area contributed by atoms with Gasteiger partial charge in [-0.1, -0.05) is 18.6 Å². The molecule has 1 aromatic heterocycles. The molecule has 2 rings (SSSR count). The number of aliphatic hydroxyl groups excluding tert-OH is 1. The number of rotatable bonds is 6. The maximum Gasteiger partial charge on any atom is 0.111 e. The lowest BCUT2D eigenvalue weighted by atomic mass is 10.2. The van der Waals surface area contributed by atoms with Crippen molar-refractivity contribution in [1.82, 2.24) is 19.9 Å². The van der Waals surface area contributed by atoms with E-state index in [2.05, 4.69) is 22.1 Å². The van der Waals surface area contributed by atoms with Crippen molar-refractivity contribution in [3.8, 4) is 0 Å². The van der Waals surface area contributed by atoms with Gasteiger partial charge in [-0.2, -0.15) is 0 Å². The summed E-state index contributed by atoms with van der Waals surface area (Å²) in [7, 11) is 0. The Morgan fingerprint density at radius 1 is 1.24 bits per heavy atom. The van der Waals surface area contributed by atoms with Crippen molar-refractivity contribution < 1.29 is 5.11 Å². The number of hydrogen-bond donors (Lipinski definition) is 1. The summed E-state index contributed by atoms with van der Waals surface area (Å²) in [6, 6.07) is 0. The van der Waals surface area contributed by atoms with Crippen LogP contribution in [-0.4, -0.2) is 44.6 Å². The summed E-state index contributed by atoms with van der Waals surface area (Å²) >= 11 is 0. The van der Waals surface area contributed by atoms with Gasteiger partial charge in [0.2, 0.25) is 0 Å². The van der Waals surface area contributed by atoms with E-state index in [1.165, 1.54) is 25.9 Å². The smallest absolute Gasteiger partial charge is 0.111 e. The van der Waals surface area contributed by atoms with Gasteiger partial charge >= 0.3 is 0 Å². The quantitative estimate of drug-likeness (QED) is 0.797. The SMILES string of the molecule is CCCc1c(CO)nnn1CCN1CCCC1. The summed E-state index contributed by atoms with van der Waals surface area (Å²) in [4.78, 5) is 2.47. The Morgan fingerprint density at radius 3 is 2.65 bits per heavy atom. The van der Waals surface area contributed by atoms with Crippen molar-refractivity contribution in [1.29, 1.82) is 0 Å². The Bertz CT molecular complexity index is 344. The summed E-state index contributed by atoms with van der Waals surface area (Å²) in [5, 5.41) is 17.4. The van der Waals surface area contributed by atoms with Crippen LogP contribution >= 0.6 is 0 Å². The minimum absolute atomic E-state index is 0.000945.